The highest BCUT2D eigenvalue weighted by molar-refractivity contribution is 6.08. The van der Waals surface area contributed by atoms with E-state index in [0.717, 1.165) is 21.9 Å². The molecule has 0 unspecified atom stereocenters. The molecule has 9 heteroatoms. The van der Waals surface area contributed by atoms with E-state index in [1.54, 1.807) is 24.7 Å². The van der Waals surface area contributed by atoms with Crippen molar-refractivity contribution in [2.75, 3.05) is 13.1 Å². The fourth-order valence-electron chi connectivity index (χ4n) is 3.04. The first kappa shape index (κ1) is 15.6. The molecular weight excluding hydrogens is 335 g/mol. The summed E-state index contributed by atoms with van der Waals surface area (Å²) in [5.74, 6) is -0.932. The van der Waals surface area contributed by atoms with E-state index in [0.29, 0.717) is 11.2 Å². The lowest BCUT2D eigenvalue weighted by Gasteiger charge is -2.17. The summed E-state index contributed by atoms with van der Waals surface area (Å²) in [6.45, 7) is 0.263. The zero-order valence-corrected chi connectivity index (χ0v) is 12.8. The third-order valence-corrected chi connectivity index (χ3v) is 4.16. The molecule has 25 heavy (non-hydrogen) atoms. The van der Waals surface area contributed by atoms with Crippen LogP contribution in [-0.4, -0.2) is 50.2 Å². The van der Waals surface area contributed by atoms with Crippen molar-refractivity contribution in [3.05, 3.63) is 36.3 Å². The average molecular weight is 347 g/mol. The van der Waals surface area contributed by atoms with E-state index in [-0.39, 0.29) is 13.1 Å². The van der Waals surface area contributed by atoms with E-state index in [2.05, 4.69) is 20.2 Å². The zero-order chi connectivity index (χ0) is 17.6. The van der Waals surface area contributed by atoms with Crippen LogP contribution >= 0.6 is 0 Å². The minimum absolute atomic E-state index is 0.115. The highest BCUT2D eigenvalue weighted by atomic mass is 19.4. The molecule has 1 N–H and O–H groups in total. The van der Waals surface area contributed by atoms with E-state index >= 15 is 0 Å². The zero-order valence-electron chi connectivity index (χ0n) is 12.8. The van der Waals surface area contributed by atoms with Crippen molar-refractivity contribution in [1.29, 1.82) is 0 Å². The van der Waals surface area contributed by atoms with Gasteiger partial charge in [0.1, 0.15) is 17.6 Å². The normalized spacial score (nSPS) is 15.2. The summed E-state index contributed by atoms with van der Waals surface area (Å²) in [6, 6.07) is 1.86. The second-order valence-electron chi connectivity index (χ2n) is 5.81. The van der Waals surface area contributed by atoms with Crippen molar-refractivity contribution in [3.8, 4) is 0 Å². The smallest absolute Gasteiger partial charge is 0.346 e. The fraction of sp³-hybridized carbons (Fsp3) is 0.250. The average Bonchev–Trinajstić information content (AvgIpc) is 3.22. The van der Waals surface area contributed by atoms with Gasteiger partial charge in [0, 0.05) is 35.6 Å². The lowest BCUT2D eigenvalue weighted by molar-refractivity contribution is -0.160. The second kappa shape index (κ2) is 5.54. The van der Waals surface area contributed by atoms with Gasteiger partial charge in [-0.1, -0.05) is 6.08 Å². The van der Waals surface area contributed by atoms with Gasteiger partial charge < -0.3 is 9.88 Å². The van der Waals surface area contributed by atoms with E-state index in [9.17, 15) is 18.0 Å². The number of pyridine rings is 1. The fourth-order valence-corrected chi connectivity index (χ4v) is 3.04. The van der Waals surface area contributed by atoms with Crippen LogP contribution in [0.25, 0.3) is 27.5 Å². The Bertz CT molecular complexity index is 1010. The number of hydrogen-bond donors (Lipinski definition) is 1. The summed E-state index contributed by atoms with van der Waals surface area (Å²) in [5, 5.41) is 9.68. The second-order valence-corrected chi connectivity index (χ2v) is 5.81. The minimum atomic E-state index is -4.51. The summed E-state index contributed by atoms with van der Waals surface area (Å²) in [5.41, 5.74) is 2.78. The van der Waals surface area contributed by atoms with Crippen LogP contribution < -0.4 is 0 Å². The van der Waals surface area contributed by atoms with E-state index < -0.39 is 18.5 Å². The molecule has 1 amide bonds. The standard InChI is InChI=1S/C16H12F3N5O/c17-16(18,19)5-13(25)24-4-2-9(8-24)11-6-22-23-12-7-21-15-10(14(11)12)1-3-20-15/h1-3,6-7H,4-5,8H2,(H,20,21). The van der Waals surface area contributed by atoms with Crippen molar-refractivity contribution < 1.29 is 18.0 Å². The molecule has 0 saturated carbocycles. The van der Waals surface area contributed by atoms with Gasteiger partial charge in [-0.15, -0.1) is 5.10 Å². The summed E-state index contributed by atoms with van der Waals surface area (Å²) in [6.07, 6.45) is 0.710. The first-order valence-electron chi connectivity index (χ1n) is 7.54. The van der Waals surface area contributed by atoms with Gasteiger partial charge in [-0.25, -0.2) is 4.98 Å². The van der Waals surface area contributed by atoms with Crippen LogP contribution in [0.5, 0.6) is 0 Å². The first-order chi connectivity index (χ1) is 11.9. The number of carbonyl (C=O) groups excluding carboxylic acids is 1. The molecule has 4 heterocycles. The number of H-pyrrole nitrogens is 1. The monoisotopic (exact) mass is 347 g/mol. The molecule has 6 nitrogen and oxygen atoms in total. The number of nitrogens with one attached hydrogen (secondary N) is 1. The molecule has 0 spiro atoms. The van der Waals surface area contributed by atoms with Crippen LogP contribution in [0.3, 0.4) is 0 Å². The minimum Gasteiger partial charge on any atom is -0.346 e. The van der Waals surface area contributed by atoms with Gasteiger partial charge in [-0.3, -0.25) is 4.79 Å². The van der Waals surface area contributed by atoms with Crippen LogP contribution in [0.1, 0.15) is 12.0 Å². The number of fused-ring (bicyclic) bond motifs is 3. The molecule has 1 aliphatic rings. The highest BCUT2D eigenvalue weighted by Crippen LogP contribution is 2.31. The highest BCUT2D eigenvalue weighted by Gasteiger charge is 2.34. The maximum atomic E-state index is 12.4. The van der Waals surface area contributed by atoms with Gasteiger partial charge in [0.15, 0.2) is 0 Å². The number of amides is 1. The summed E-state index contributed by atoms with van der Waals surface area (Å²) >= 11 is 0. The van der Waals surface area contributed by atoms with Crippen LogP contribution in [0.4, 0.5) is 13.2 Å². The van der Waals surface area contributed by atoms with E-state index in [1.807, 2.05) is 6.07 Å². The van der Waals surface area contributed by atoms with Crippen molar-refractivity contribution >= 4 is 33.4 Å². The van der Waals surface area contributed by atoms with Crippen LogP contribution in [0, 0.1) is 0 Å². The summed E-state index contributed by atoms with van der Waals surface area (Å²) in [4.78, 5) is 20.3. The predicted octanol–water partition coefficient (Wildman–Crippen LogP) is 2.68. The topological polar surface area (TPSA) is 74.8 Å². The molecule has 0 fully saturated rings. The van der Waals surface area contributed by atoms with Gasteiger partial charge in [-0.2, -0.15) is 18.3 Å². The van der Waals surface area contributed by atoms with Crippen molar-refractivity contribution in [2.45, 2.75) is 12.6 Å². The molecule has 4 rings (SSSR count). The number of aromatic amines is 1. The number of carbonyl (C=O) groups is 1. The van der Waals surface area contributed by atoms with E-state index in [4.69, 9.17) is 0 Å². The van der Waals surface area contributed by atoms with Crippen LogP contribution in [0.15, 0.2) is 30.7 Å². The third-order valence-electron chi connectivity index (χ3n) is 4.16. The Hall–Kier alpha value is -2.97. The van der Waals surface area contributed by atoms with E-state index in [1.165, 1.54) is 4.90 Å². The molecule has 1 aliphatic heterocycles. The quantitative estimate of drug-likeness (QED) is 0.773. The molecule has 0 atom stereocenters. The number of nitrogens with zero attached hydrogens (tertiary/aromatic N) is 4. The number of alkyl halides is 3. The first-order valence-corrected chi connectivity index (χ1v) is 7.54. The molecule has 3 aromatic heterocycles. The van der Waals surface area contributed by atoms with Crippen LogP contribution in [0.2, 0.25) is 0 Å². The number of aromatic nitrogens is 4. The SMILES string of the molecule is O=C(CC(F)(F)F)N1CC=C(c2cnnc3cnc4[nH]ccc4c23)C1. The summed E-state index contributed by atoms with van der Waals surface area (Å²) < 4.78 is 37.3. The number of hydrogen-bond acceptors (Lipinski definition) is 4. The Kier molecular flexibility index (Phi) is 3.45. The Labute approximate surface area is 139 Å². The van der Waals surface area contributed by atoms with Crippen molar-refractivity contribution in [3.63, 3.8) is 0 Å². The third kappa shape index (κ3) is 2.81. The Morgan fingerprint density at radius 1 is 1.32 bits per heavy atom. The Morgan fingerprint density at radius 2 is 2.16 bits per heavy atom. The predicted molar refractivity (Wildman–Crippen MR) is 84.4 cm³/mol. The molecular formula is C16H12F3N5O. The maximum absolute atomic E-state index is 12.4. The largest absolute Gasteiger partial charge is 0.397 e. The van der Waals surface area contributed by atoms with Gasteiger partial charge in [0.2, 0.25) is 5.91 Å². The molecule has 0 saturated heterocycles. The van der Waals surface area contributed by atoms with Crippen molar-refractivity contribution in [1.82, 2.24) is 25.1 Å². The molecule has 0 bridgehead atoms. The molecule has 0 radical (unpaired) electrons. The number of rotatable bonds is 2. The molecule has 0 aromatic carbocycles. The van der Waals surface area contributed by atoms with Gasteiger partial charge >= 0.3 is 6.18 Å². The lowest BCUT2D eigenvalue weighted by atomic mass is 10.0. The molecule has 128 valence electrons. The summed E-state index contributed by atoms with van der Waals surface area (Å²) in [7, 11) is 0. The van der Waals surface area contributed by atoms with Crippen LogP contribution in [-0.2, 0) is 4.79 Å². The Balaban J connectivity index is 1.69. The lowest BCUT2D eigenvalue weighted by Crippen LogP contribution is -2.32. The van der Waals surface area contributed by atoms with Gasteiger partial charge in [0.25, 0.3) is 0 Å². The van der Waals surface area contributed by atoms with Crippen molar-refractivity contribution in [2.24, 2.45) is 0 Å². The maximum Gasteiger partial charge on any atom is 0.397 e. The Morgan fingerprint density at radius 3 is 2.96 bits per heavy atom. The molecule has 0 aliphatic carbocycles. The number of halogens is 3. The molecule has 3 aromatic rings. The van der Waals surface area contributed by atoms with Gasteiger partial charge in [-0.05, 0) is 11.6 Å². The van der Waals surface area contributed by atoms with Gasteiger partial charge in [0.05, 0.1) is 12.4 Å².